The average Bonchev–Trinajstić information content (AvgIpc) is 2.45. The Morgan fingerprint density at radius 3 is 2.45 bits per heavy atom. The van der Waals surface area contributed by atoms with Gasteiger partial charge in [-0.25, -0.2) is 9.78 Å². The van der Waals surface area contributed by atoms with E-state index < -0.39 is 5.60 Å². The van der Waals surface area contributed by atoms with Gasteiger partial charge in [0.25, 0.3) is 0 Å². The molecule has 0 amide bonds. The van der Waals surface area contributed by atoms with Gasteiger partial charge in [-0.05, 0) is 51.1 Å². The molecule has 0 unspecified atom stereocenters. The molecule has 0 radical (unpaired) electrons. The standard InChI is InChI=1S/C17H20N2O3/c1-17(2,3)22-16(20)11-5-7-13(14(9-11)21-4)12-6-8-15(18)19-10-12/h5-10H,1-4H3,(H2,18,19). The molecule has 0 aliphatic heterocycles. The van der Waals surface area contributed by atoms with Crippen LogP contribution in [-0.2, 0) is 4.74 Å². The fourth-order valence-electron chi connectivity index (χ4n) is 1.96. The van der Waals surface area contributed by atoms with Crippen LogP contribution in [0.2, 0.25) is 0 Å². The number of carbonyl (C=O) groups is 1. The summed E-state index contributed by atoms with van der Waals surface area (Å²) in [6.45, 7) is 5.49. The van der Waals surface area contributed by atoms with Gasteiger partial charge in [0.05, 0.1) is 12.7 Å². The minimum Gasteiger partial charge on any atom is -0.496 e. The molecule has 0 spiro atoms. The van der Waals surface area contributed by atoms with Gasteiger partial charge >= 0.3 is 5.97 Å². The molecule has 0 bridgehead atoms. The second kappa shape index (κ2) is 6.05. The number of nitrogens with two attached hydrogens (primary N) is 1. The highest BCUT2D eigenvalue weighted by Crippen LogP contribution is 2.31. The number of methoxy groups -OCH3 is 1. The molecule has 1 aromatic heterocycles. The van der Waals surface area contributed by atoms with Gasteiger partial charge in [-0.3, -0.25) is 0 Å². The Morgan fingerprint density at radius 1 is 1.18 bits per heavy atom. The molecule has 0 saturated heterocycles. The van der Waals surface area contributed by atoms with E-state index in [-0.39, 0.29) is 5.97 Å². The van der Waals surface area contributed by atoms with Crippen molar-refractivity contribution in [3.8, 4) is 16.9 Å². The fraction of sp³-hybridized carbons (Fsp3) is 0.294. The topological polar surface area (TPSA) is 74.4 Å². The number of nitrogen functional groups attached to an aromatic ring is 1. The molecule has 0 atom stereocenters. The number of aromatic nitrogens is 1. The van der Waals surface area contributed by atoms with Gasteiger partial charge in [-0.1, -0.05) is 0 Å². The molecule has 0 saturated carbocycles. The van der Waals surface area contributed by atoms with Crippen LogP contribution in [-0.4, -0.2) is 23.7 Å². The monoisotopic (exact) mass is 300 g/mol. The van der Waals surface area contributed by atoms with E-state index in [0.29, 0.717) is 17.1 Å². The number of rotatable bonds is 3. The highest BCUT2D eigenvalue weighted by atomic mass is 16.6. The predicted molar refractivity (Wildman–Crippen MR) is 85.8 cm³/mol. The zero-order valence-corrected chi connectivity index (χ0v) is 13.2. The molecular formula is C17H20N2O3. The second-order valence-electron chi connectivity index (χ2n) is 5.89. The van der Waals surface area contributed by atoms with Crippen LogP contribution >= 0.6 is 0 Å². The maximum Gasteiger partial charge on any atom is 0.338 e. The zero-order valence-electron chi connectivity index (χ0n) is 13.2. The van der Waals surface area contributed by atoms with Crippen molar-refractivity contribution in [2.75, 3.05) is 12.8 Å². The van der Waals surface area contributed by atoms with Gasteiger partial charge in [-0.2, -0.15) is 0 Å². The van der Waals surface area contributed by atoms with E-state index in [1.165, 1.54) is 0 Å². The summed E-state index contributed by atoms with van der Waals surface area (Å²) in [6.07, 6.45) is 1.67. The molecule has 5 heteroatoms. The molecule has 2 N–H and O–H groups in total. The summed E-state index contributed by atoms with van der Waals surface area (Å²) in [6, 6.07) is 8.76. The number of hydrogen-bond donors (Lipinski definition) is 1. The highest BCUT2D eigenvalue weighted by molar-refractivity contribution is 5.91. The van der Waals surface area contributed by atoms with Crippen molar-refractivity contribution >= 4 is 11.8 Å². The van der Waals surface area contributed by atoms with Crippen LogP contribution in [0.3, 0.4) is 0 Å². The molecule has 22 heavy (non-hydrogen) atoms. The Balaban J connectivity index is 2.36. The third-order valence-corrected chi connectivity index (χ3v) is 2.93. The summed E-state index contributed by atoms with van der Waals surface area (Å²) in [5.74, 6) is 0.649. The maximum absolute atomic E-state index is 12.1. The normalized spacial score (nSPS) is 11.1. The molecule has 0 aliphatic rings. The summed E-state index contributed by atoms with van der Waals surface area (Å²) in [4.78, 5) is 16.2. The van der Waals surface area contributed by atoms with Crippen molar-refractivity contribution in [1.82, 2.24) is 4.98 Å². The van der Waals surface area contributed by atoms with Crippen LogP contribution in [0.25, 0.3) is 11.1 Å². The first-order valence-corrected chi connectivity index (χ1v) is 6.93. The third kappa shape index (κ3) is 3.75. The van der Waals surface area contributed by atoms with E-state index in [9.17, 15) is 4.79 Å². The second-order valence-corrected chi connectivity index (χ2v) is 5.89. The lowest BCUT2D eigenvalue weighted by Crippen LogP contribution is -2.23. The number of carbonyl (C=O) groups excluding carboxylic acids is 1. The molecule has 0 aliphatic carbocycles. The minimum absolute atomic E-state index is 0.382. The number of nitrogens with zero attached hydrogens (tertiary/aromatic N) is 1. The van der Waals surface area contributed by atoms with Crippen LogP contribution in [0.4, 0.5) is 5.82 Å². The lowest BCUT2D eigenvalue weighted by molar-refractivity contribution is 0.00692. The van der Waals surface area contributed by atoms with Gasteiger partial charge in [0, 0.05) is 17.3 Å². The average molecular weight is 300 g/mol. The first kappa shape index (κ1) is 15.8. The largest absolute Gasteiger partial charge is 0.496 e. The zero-order chi connectivity index (χ0) is 16.3. The Labute approximate surface area is 130 Å². The van der Waals surface area contributed by atoms with Crippen LogP contribution < -0.4 is 10.5 Å². The van der Waals surface area contributed by atoms with Crippen molar-refractivity contribution in [3.05, 3.63) is 42.1 Å². The molecule has 1 heterocycles. The first-order valence-electron chi connectivity index (χ1n) is 6.93. The summed E-state index contributed by atoms with van der Waals surface area (Å²) < 4.78 is 10.7. The molecule has 1 aromatic carbocycles. The fourth-order valence-corrected chi connectivity index (χ4v) is 1.96. The summed E-state index contributed by atoms with van der Waals surface area (Å²) >= 11 is 0. The Hall–Kier alpha value is -2.56. The van der Waals surface area contributed by atoms with Crippen molar-refractivity contribution in [2.24, 2.45) is 0 Å². The Morgan fingerprint density at radius 2 is 1.91 bits per heavy atom. The van der Waals surface area contributed by atoms with Gasteiger partial charge in [-0.15, -0.1) is 0 Å². The predicted octanol–water partition coefficient (Wildman–Crippen LogP) is 3.29. The molecule has 116 valence electrons. The van der Waals surface area contributed by atoms with Gasteiger partial charge in [0.1, 0.15) is 17.2 Å². The van der Waals surface area contributed by atoms with Crippen molar-refractivity contribution in [1.29, 1.82) is 0 Å². The Bertz CT molecular complexity index is 673. The lowest BCUT2D eigenvalue weighted by atomic mass is 10.0. The molecule has 2 aromatic rings. The number of ether oxygens (including phenoxy) is 2. The van der Waals surface area contributed by atoms with Crippen molar-refractivity contribution in [2.45, 2.75) is 26.4 Å². The van der Waals surface area contributed by atoms with Gasteiger partial charge < -0.3 is 15.2 Å². The SMILES string of the molecule is COc1cc(C(=O)OC(C)(C)C)ccc1-c1ccc(N)nc1. The Kier molecular flexibility index (Phi) is 4.35. The van der Waals surface area contributed by atoms with Crippen molar-refractivity contribution in [3.63, 3.8) is 0 Å². The van der Waals surface area contributed by atoms with Crippen LogP contribution in [0.1, 0.15) is 31.1 Å². The summed E-state index contributed by atoms with van der Waals surface area (Å²) in [5.41, 5.74) is 7.20. The van der Waals surface area contributed by atoms with Crippen molar-refractivity contribution < 1.29 is 14.3 Å². The highest BCUT2D eigenvalue weighted by Gasteiger charge is 2.19. The number of benzene rings is 1. The number of anilines is 1. The molecular weight excluding hydrogens is 280 g/mol. The number of esters is 1. The summed E-state index contributed by atoms with van der Waals surface area (Å²) in [5, 5.41) is 0. The van der Waals surface area contributed by atoms with Crippen LogP contribution in [0.15, 0.2) is 36.5 Å². The van der Waals surface area contributed by atoms with E-state index in [1.807, 2.05) is 32.9 Å². The maximum atomic E-state index is 12.1. The van der Waals surface area contributed by atoms with E-state index in [4.69, 9.17) is 15.2 Å². The quantitative estimate of drug-likeness (QED) is 0.880. The first-order chi connectivity index (χ1) is 10.3. The molecule has 2 rings (SSSR count). The third-order valence-electron chi connectivity index (χ3n) is 2.93. The summed E-state index contributed by atoms with van der Waals surface area (Å²) in [7, 11) is 1.56. The van der Waals surface area contributed by atoms with E-state index in [2.05, 4.69) is 4.98 Å². The molecule has 0 fully saturated rings. The number of pyridine rings is 1. The van der Waals surface area contributed by atoms with E-state index in [0.717, 1.165) is 11.1 Å². The molecule has 5 nitrogen and oxygen atoms in total. The number of hydrogen-bond acceptors (Lipinski definition) is 5. The van der Waals surface area contributed by atoms with Gasteiger partial charge in [0.15, 0.2) is 0 Å². The smallest absolute Gasteiger partial charge is 0.338 e. The van der Waals surface area contributed by atoms with Gasteiger partial charge in [0.2, 0.25) is 0 Å². The lowest BCUT2D eigenvalue weighted by Gasteiger charge is -2.20. The van der Waals surface area contributed by atoms with E-state index >= 15 is 0 Å². The minimum atomic E-state index is -0.538. The van der Waals surface area contributed by atoms with Crippen LogP contribution in [0, 0.1) is 0 Å². The van der Waals surface area contributed by atoms with Crippen LogP contribution in [0.5, 0.6) is 5.75 Å². The van der Waals surface area contributed by atoms with E-state index in [1.54, 1.807) is 31.5 Å².